The van der Waals surface area contributed by atoms with Crippen LogP contribution in [0.3, 0.4) is 0 Å². The van der Waals surface area contributed by atoms with Crippen LogP contribution >= 0.6 is 0 Å². The molecule has 9 nitrogen and oxygen atoms in total. The van der Waals surface area contributed by atoms with E-state index in [4.69, 9.17) is 11.2 Å². The van der Waals surface area contributed by atoms with Gasteiger partial charge < -0.3 is 25.4 Å². The molecule has 1 aliphatic heterocycles. The molecular weight excluding hydrogens is 350 g/mol. The molecule has 1 saturated heterocycles. The summed E-state index contributed by atoms with van der Waals surface area (Å²) in [4.78, 5) is 12.7. The van der Waals surface area contributed by atoms with Gasteiger partial charge in [-0.25, -0.2) is 15.0 Å². The van der Waals surface area contributed by atoms with Crippen molar-refractivity contribution in [1.82, 2.24) is 19.5 Å². The standard InChI is InChI=1S/C18H17N5O4/c1-2-10-4-3-5-11(6-10)22-16-13-17(20-8-19-16)23(9-21-13)18-15(26)14(25)12(7-24)27-18/h1,3-6,8-9,12,14-15,18,24-26H,7H2,(H,19,20,22)/t12-,14-,15-,18-/m1/s1. The SMILES string of the molecule is C#Cc1cccc(Nc2ncnc3c2ncn3[C@@H]2O[C@H](CO)[C@@H](O)[C@H]2O)c1. The van der Waals surface area contributed by atoms with E-state index in [-0.39, 0.29) is 0 Å². The lowest BCUT2D eigenvalue weighted by Gasteiger charge is -2.16. The van der Waals surface area contributed by atoms with Gasteiger partial charge in [-0.1, -0.05) is 12.0 Å². The van der Waals surface area contributed by atoms with Crippen molar-refractivity contribution >= 4 is 22.7 Å². The molecule has 0 spiro atoms. The quantitative estimate of drug-likeness (QED) is 0.481. The minimum absolute atomic E-state index is 0.408. The molecule has 138 valence electrons. The van der Waals surface area contributed by atoms with Gasteiger partial charge in [0.1, 0.15) is 24.6 Å². The highest BCUT2D eigenvalue weighted by atomic mass is 16.6. The van der Waals surface area contributed by atoms with Crippen LogP contribution in [0, 0.1) is 12.3 Å². The zero-order valence-electron chi connectivity index (χ0n) is 14.1. The smallest absolute Gasteiger partial charge is 0.167 e. The van der Waals surface area contributed by atoms with Crippen LogP contribution in [0.5, 0.6) is 0 Å². The zero-order chi connectivity index (χ0) is 19.0. The molecule has 2 aromatic heterocycles. The van der Waals surface area contributed by atoms with Gasteiger partial charge in [-0.2, -0.15) is 0 Å². The minimum Gasteiger partial charge on any atom is -0.394 e. The van der Waals surface area contributed by atoms with E-state index in [0.29, 0.717) is 17.0 Å². The number of benzene rings is 1. The second kappa shape index (κ2) is 6.94. The average Bonchev–Trinajstić information content (AvgIpc) is 3.24. The number of nitrogens with zero attached hydrogens (tertiary/aromatic N) is 4. The van der Waals surface area contributed by atoms with Gasteiger partial charge >= 0.3 is 0 Å². The van der Waals surface area contributed by atoms with Crippen LogP contribution in [-0.4, -0.2) is 59.8 Å². The van der Waals surface area contributed by atoms with E-state index in [9.17, 15) is 15.3 Å². The van der Waals surface area contributed by atoms with Gasteiger partial charge in [0.15, 0.2) is 23.2 Å². The van der Waals surface area contributed by atoms with Crippen LogP contribution in [0.2, 0.25) is 0 Å². The molecule has 4 atom stereocenters. The maximum absolute atomic E-state index is 10.2. The van der Waals surface area contributed by atoms with Crippen molar-refractivity contribution < 1.29 is 20.1 Å². The average molecular weight is 367 g/mol. The fraction of sp³-hybridized carbons (Fsp3) is 0.278. The van der Waals surface area contributed by atoms with E-state index in [1.807, 2.05) is 18.2 Å². The van der Waals surface area contributed by atoms with E-state index < -0.39 is 31.1 Å². The number of aliphatic hydroxyl groups is 3. The number of imidazole rings is 1. The molecule has 1 aromatic carbocycles. The molecule has 1 aliphatic rings. The third-order valence-corrected chi connectivity index (χ3v) is 4.44. The van der Waals surface area contributed by atoms with Crippen molar-refractivity contribution in [2.24, 2.45) is 0 Å². The molecule has 0 saturated carbocycles. The van der Waals surface area contributed by atoms with Gasteiger partial charge in [0.05, 0.1) is 12.9 Å². The summed E-state index contributed by atoms with van der Waals surface area (Å²) in [7, 11) is 0. The maximum Gasteiger partial charge on any atom is 0.167 e. The number of aliphatic hydroxyl groups excluding tert-OH is 3. The van der Waals surface area contributed by atoms with Gasteiger partial charge in [0.2, 0.25) is 0 Å². The Hall–Kier alpha value is -3.03. The number of anilines is 2. The number of ether oxygens (including phenoxy) is 1. The third-order valence-electron chi connectivity index (χ3n) is 4.44. The highest BCUT2D eigenvalue weighted by Crippen LogP contribution is 2.32. The number of rotatable bonds is 4. The summed E-state index contributed by atoms with van der Waals surface area (Å²) < 4.78 is 7.05. The first kappa shape index (κ1) is 17.4. The Balaban J connectivity index is 1.69. The van der Waals surface area contributed by atoms with Crippen molar-refractivity contribution in [3.8, 4) is 12.3 Å². The Bertz CT molecular complexity index is 1010. The molecule has 0 bridgehead atoms. The molecule has 0 aliphatic carbocycles. The van der Waals surface area contributed by atoms with Crippen LogP contribution in [-0.2, 0) is 4.74 Å². The van der Waals surface area contributed by atoms with Crippen molar-refractivity contribution in [3.05, 3.63) is 42.5 Å². The van der Waals surface area contributed by atoms with Crippen molar-refractivity contribution in [2.75, 3.05) is 11.9 Å². The van der Waals surface area contributed by atoms with Crippen LogP contribution in [0.25, 0.3) is 11.2 Å². The summed E-state index contributed by atoms with van der Waals surface area (Å²) in [6.07, 6.45) is 4.00. The Kier molecular flexibility index (Phi) is 4.47. The highest BCUT2D eigenvalue weighted by Gasteiger charge is 2.44. The van der Waals surface area contributed by atoms with Gasteiger partial charge in [-0.05, 0) is 18.2 Å². The summed E-state index contributed by atoms with van der Waals surface area (Å²) in [5.74, 6) is 3.03. The van der Waals surface area contributed by atoms with Crippen molar-refractivity contribution in [1.29, 1.82) is 0 Å². The number of terminal acetylenes is 1. The number of hydrogen-bond acceptors (Lipinski definition) is 8. The molecule has 4 N–H and O–H groups in total. The first-order chi connectivity index (χ1) is 13.1. The molecule has 27 heavy (non-hydrogen) atoms. The summed E-state index contributed by atoms with van der Waals surface area (Å²) >= 11 is 0. The second-order valence-corrected chi connectivity index (χ2v) is 6.13. The summed E-state index contributed by atoms with van der Waals surface area (Å²) in [6.45, 7) is -0.408. The molecule has 3 aromatic rings. The lowest BCUT2D eigenvalue weighted by molar-refractivity contribution is -0.0511. The van der Waals surface area contributed by atoms with Crippen molar-refractivity contribution in [2.45, 2.75) is 24.5 Å². The van der Waals surface area contributed by atoms with E-state index in [1.165, 1.54) is 17.2 Å². The molecule has 0 amide bonds. The number of aromatic nitrogens is 4. The van der Waals surface area contributed by atoms with Gasteiger partial charge in [0, 0.05) is 11.3 Å². The van der Waals surface area contributed by atoms with Crippen LogP contribution in [0.1, 0.15) is 11.8 Å². The van der Waals surface area contributed by atoms with Gasteiger partial charge in [0.25, 0.3) is 0 Å². The van der Waals surface area contributed by atoms with Crippen LogP contribution in [0.4, 0.5) is 11.5 Å². The summed E-state index contributed by atoms with van der Waals surface area (Å²) in [5, 5.41) is 32.6. The molecule has 0 unspecified atom stereocenters. The molecule has 1 fully saturated rings. The molecular formula is C18H17N5O4. The fourth-order valence-corrected chi connectivity index (χ4v) is 3.06. The Labute approximate surface area is 154 Å². The number of fused-ring (bicyclic) bond motifs is 1. The molecule has 3 heterocycles. The monoisotopic (exact) mass is 367 g/mol. The molecule has 4 rings (SSSR count). The summed E-state index contributed by atoms with van der Waals surface area (Å²) in [6, 6.07) is 7.29. The molecule has 0 radical (unpaired) electrons. The Morgan fingerprint density at radius 1 is 1.22 bits per heavy atom. The molecule has 9 heteroatoms. The topological polar surface area (TPSA) is 126 Å². The summed E-state index contributed by atoms with van der Waals surface area (Å²) in [5.41, 5.74) is 2.34. The van der Waals surface area contributed by atoms with E-state index in [1.54, 1.807) is 6.07 Å². The fourth-order valence-electron chi connectivity index (χ4n) is 3.06. The zero-order valence-corrected chi connectivity index (χ0v) is 14.1. The lowest BCUT2D eigenvalue weighted by atomic mass is 10.1. The normalized spacial score (nSPS) is 24.8. The predicted molar refractivity (Wildman–Crippen MR) is 96.0 cm³/mol. The van der Waals surface area contributed by atoms with E-state index in [2.05, 4.69) is 26.2 Å². The van der Waals surface area contributed by atoms with Crippen LogP contribution < -0.4 is 5.32 Å². The van der Waals surface area contributed by atoms with Crippen LogP contribution in [0.15, 0.2) is 36.9 Å². The first-order valence-corrected chi connectivity index (χ1v) is 8.26. The largest absolute Gasteiger partial charge is 0.394 e. The van der Waals surface area contributed by atoms with E-state index in [0.717, 1.165) is 11.3 Å². The minimum atomic E-state index is -1.22. The predicted octanol–water partition coefficient (Wildman–Crippen LogP) is 0.163. The first-order valence-electron chi connectivity index (χ1n) is 8.26. The van der Waals surface area contributed by atoms with E-state index >= 15 is 0 Å². The second-order valence-electron chi connectivity index (χ2n) is 6.13. The third kappa shape index (κ3) is 3.01. The highest BCUT2D eigenvalue weighted by molar-refractivity contribution is 5.85. The number of nitrogens with one attached hydrogen (secondary N) is 1. The maximum atomic E-state index is 10.2. The Morgan fingerprint density at radius 2 is 2.07 bits per heavy atom. The van der Waals surface area contributed by atoms with Gasteiger partial charge in [-0.15, -0.1) is 6.42 Å². The Morgan fingerprint density at radius 3 is 2.81 bits per heavy atom. The number of hydrogen-bond donors (Lipinski definition) is 4. The van der Waals surface area contributed by atoms with Crippen molar-refractivity contribution in [3.63, 3.8) is 0 Å². The van der Waals surface area contributed by atoms with Gasteiger partial charge in [-0.3, -0.25) is 4.57 Å². The lowest BCUT2D eigenvalue weighted by Crippen LogP contribution is -2.33.